The number of esters is 1. The van der Waals surface area contributed by atoms with E-state index in [0.717, 1.165) is 16.9 Å². The second-order valence-electron chi connectivity index (χ2n) is 6.54. The number of anilines is 1. The van der Waals surface area contributed by atoms with E-state index in [9.17, 15) is 9.59 Å². The molecule has 0 saturated heterocycles. The van der Waals surface area contributed by atoms with Crippen molar-refractivity contribution in [3.8, 4) is 17.2 Å². The fraction of sp³-hybridized carbons (Fsp3) is 0.227. The third kappa shape index (κ3) is 5.38. The van der Waals surface area contributed by atoms with Crippen molar-refractivity contribution in [3.05, 3.63) is 65.9 Å². The number of aryl methyl sites for hydroxylation is 2. The standard InChI is InChI=1S/C22H23N3O5/c1-15-6-4-5-7-19(15)25-20(12-16(2)24-25)23-21(26)13-30-22(27)14-29-18-10-8-17(28-3)9-11-18/h4-12H,13-14H2,1-3H3,(H,23,26). The number of hydrogen-bond acceptors (Lipinski definition) is 6. The number of carbonyl (C=O) groups excluding carboxylic acids is 2. The predicted octanol–water partition coefficient (Wildman–Crippen LogP) is 3.06. The van der Waals surface area contributed by atoms with E-state index in [4.69, 9.17) is 14.2 Å². The zero-order valence-corrected chi connectivity index (χ0v) is 17.0. The number of nitrogens with zero attached hydrogens (tertiary/aromatic N) is 2. The number of benzene rings is 2. The maximum Gasteiger partial charge on any atom is 0.344 e. The lowest BCUT2D eigenvalue weighted by molar-refractivity contribution is -0.149. The van der Waals surface area contributed by atoms with Crippen molar-refractivity contribution in [1.82, 2.24) is 9.78 Å². The maximum absolute atomic E-state index is 12.3. The van der Waals surface area contributed by atoms with E-state index in [1.165, 1.54) is 0 Å². The summed E-state index contributed by atoms with van der Waals surface area (Å²) in [6, 6.07) is 16.2. The first-order valence-corrected chi connectivity index (χ1v) is 9.31. The number of methoxy groups -OCH3 is 1. The van der Waals surface area contributed by atoms with Gasteiger partial charge in [0.25, 0.3) is 5.91 Å². The van der Waals surface area contributed by atoms with E-state index in [2.05, 4.69) is 10.4 Å². The quantitative estimate of drug-likeness (QED) is 0.575. The fourth-order valence-electron chi connectivity index (χ4n) is 2.75. The van der Waals surface area contributed by atoms with Gasteiger partial charge in [0.1, 0.15) is 17.3 Å². The van der Waals surface area contributed by atoms with Crippen molar-refractivity contribution in [2.75, 3.05) is 25.6 Å². The molecule has 0 saturated carbocycles. The number of carbonyl (C=O) groups is 2. The van der Waals surface area contributed by atoms with Crippen LogP contribution in [0.15, 0.2) is 54.6 Å². The molecule has 0 bridgehead atoms. The van der Waals surface area contributed by atoms with Gasteiger partial charge in [-0.15, -0.1) is 0 Å². The van der Waals surface area contributed by atoms with Crippen LogP contribution in [0.25, 0.3) is 5.69 Å². The Labute approximate surface area is 174 Å². The first-order chi connectivity index (χ1) is 14.5. The third-order valence-electron chi connectivity index (χ3n) is 4.22. The van der Waals surface area contributed by atoms with Crippen LogP contribution in [0.2, 0.25) is 0 Å². The molecule has 3 rings (SSSR count). The van der Waals surface area contributed by atoms with Crippen molar-refractivity contribution in [2.45, 2.75) is 13.8 Å². The highest BCUT2D eigenvalue weighted by Crippen LogP contribution is 2.20. The lowest BCUT2D eigenvalue weighted by Gasteiger charge is -2.11. The highest BCUT2D eigenvalue weighted by Gasteiger charge is 2.14. The van der Waals surface area contributed by atoms with Gasteiger partial charge < -0.3 is 19.5 Å². The Hall–Kier alpha value is -3.81. The molecule has 156 valence electrons. The number of para-hydroxylation sites is 1. The van der Waals surface area contributed by atoms with Crippen LogP contribution in [-0.2, 0) is 14.3 Å². The minimum Gasteiger partial charge on any atom is -0.497 e. The highest BCUT2D eigenvalue weighted by atomic mass is 16.6. The summed E-state index contributed by atoms with van der Waals surface area (Å²) >= 11 is 0. The summed E-state index contributed by atoms with van der Waals surface area (Å²) in [5.74, 6) is 0.556. The topological polar surface area (TPSA) is 91.7 Å². The van der Waals surface area contributed by atoms with Gasteiger partial charge in [0.2, 0.25) is 0 Å². The van der Waals surface area contributed by atoms with E-state index >= 15 is 0 Å². The summed E-state index contributed by atoms with van der Waals surface area (Å²) in [4.78, 5) is 24.1. The van der Waals surface area contributed by atoms with Crippen LogP contribution >= 0.6 is 0 Å². The molecular formula is C22H23N3O5. The molecule has 2 aromatic carbocycles. The SMILES string of the molecule is COc1ccc(OCC(=O)OCC(=O)Nc2cc(C)nn2-c2ccccc2C)cc1. The second-order valence-corrected chi connectivity index (χ2v) is 6.54. The smallest absolute Gasteiger partial charge is 0.344 e. The van der Waals surface area contributed by atoms with Crippen LogP contribution in [0.5, 0.6) is 11.5 Å². The Bertz CT molecular complexity index is 1030. The lowest BCUT2D eigenvalue weighted by Crippen LogP contribution is -2.24. The Morgan fingerprint density at radius 3 is 2.40 bits per heavy atom. The van der Waals surface area contributed by atoms with E-state index in [0.29, 0.717) is 17.3 Å². The Morgan fingerprint density at radius 1 is 1.00 bits per heavy atom. The average molecular weight is 409 g/mol. The van der Waals surface area contributed by atoms with Gasteiger partial charge in [0, 0.05) is 6.07 Å². The van der Waals surface area contributed by atoms with Crippen LogP contribution in [0, 0.1) is 13.8 Å². The summed E-state index contributed by atoms with van der Waals surface area (Å²) in [6.45, 7) is 3.06. The van der Waals surface area contributed by atoms with Crippen LogP contribution in [0.4, 0.5) is 5.82 Å². The van der Waals surface area contributed by atoms with E-state index in [1.807, 2.05) is 38.1 Å². The Kier molecular flexibility index (Phi) is 6.69. The van der Waals surface area contributed by atoms with Crippen LogP contribution in [0.1, 0.15) is 11.3 Å². The number of aromatic nitrogens is 2. The van der Waals surface area contributed by atoms with Gasteiger partial charge in [-0.2, -0.15) is 5.10 Å². The molecule has 1 heterocycles. The molecular weight excluding hydrogens is 386 g/mol. The summed E-state index contributed by atoms with van der Waals surface area (Å²) < 4.78 is 17.0. The number of ether oxygens (including phenoxy) is 3. The van der Waals surface area contributed by atoms with E-state index < -0.39 is 18.5 Å². The number of rotatable bonds is 8. The molecule has 1 amide bonds. The maximum atomic E-state index is 12.3. The Balaban J connectivity index is 1.52. The van der Waals surface area contributed by atoms with E-state index in [-0.39, 0.29) is 6.61 Å². The summed E-state index contributed by atoms with van der Waals surface area (Å²) in [5, 5.41) is 7.16. The zero-order chi connectivity index (χ0) is 21.5. The molecule has 0 aliphatic carbocycles. The first-order valence-electron chi connectivity index (χ1n) is 9.31. The van der Waals surface area contributed by atoms with Gasteiger partial charge >= 0.3 is 5.97 Å². The van der Waals surface area contributed by atoms with Gasteiger partial charge in [-0.1, -0.05) is 18.2 Å². The molecule has 0 fully saturated rings. The molecule has 8 nitrogen and oxygen atoms in total. The van der Waals surface area contributed by atoms with Crippen molar-refractivity contribution in [3.63, 3.8) is 0 Å². The molecule has 0 aliphatic heterocycles. The van der Waals surface area contributed by atoms with Gasteiger partial charge in [-0.25, -0.2) is 9.48 Å². The molecule has 0 spiro atoms. The fourth-order valence-corrected chi connectivity index (χ4v) is 2.75. The second kappa shape index (κ2) is 9.60. The highest BCUT2D eigenvalue weighted by molar-refractivity contribution is 5.92. The number of nitrogens with one attached hydrogen (secondary N) is 1. The molecule has 3 aromatic rings. The number of hydrogen-bond donors (Lipinski definition) is 1. The van der Waals surface area contributed by atoms with Crippen molar-refractivity contribution >= 4 is 17.7 Å². The van der Waals surface area contributed by atoms with Crippen molar-refractivity contribution in [1.29, 1.82) is 0 Å². The van der Waals surface area contributed by atoms with Gasteiger partial charge in [0.05, 0.1) is 18.5 Å². The van der Waals surface area contributed by atoms with Gasteiger partial charge in [-0.05, 0) is 49.7 Å². The Morgan fingerprint density at radius 2 is 1.70 bits per heavy atom. The van der Waals surface area contributed by atoms with Crippen LogP contribution in [-0.4, -0.2) is 42.0 Å². The molecule has 0 unspecified atom stereocenters. The largest absolute Gasteiger partial charge is 0.497 e. The normalized spacial score (nSPS) is 10.4. The van der Waals surface area contributed by atoms with Gasteiger partial charge in [-0.3, -0.25) is 4.79 Å². The molecule has 0 radical (unpaired) electrons. The summed E-state index contributed by atoms with van der Waals surface area (Å²) in [6.07, 6.45) is 0. The average Bonchev–Trinajstić information content (AvgIpc) is 3.11. The molecule has 8 heteroatoms. The predicted molar refractivity (Wildman–Crippen MR) is 111 cm³/mol. The molecule has 30 heavy (non-hydrogen) atoms. The van der Waals surface area contributed by atoms with Crippen molar-refractivity contribution < 1.29 is 23.8 Å². The molecule has 0 atom stereocenters. The molecule has 1 N–H and O–H groups in total. The summed E-state index contributed by atoms with van der Waals surface area (Å²) in [7, 11) is 1.56. The minimum absolute atomic E-state index is 0.306. The first kappa shape index (κ1) is 20.9. The zero-order valence-electron chi connectivity index (χ0n) is 17.0. The van der Waals surface area contributed by atoms with Crippen molar-refractivity contribution in [2.24, 2.45) is 0 Å². The summed E-state index contributed by atoms with van der Waals surface area (Å²) in [5.41, 5.74) is 2.61. The van der Waals surface area contributed by atoms with Crippen LogP contribution < -0.4 is 14.8 Å². The monoisotopic (exact) mass is 409 g/mol. The van der Waals surface area contributed by atoms with Crippen LogP contribution in [0.3, 0.4) is 0 Å². The lowest BCUT2D eigenvalue weighted by atomic mass is 10.2. The third-order valence-corrected chi connectivity index (χ3v) is 4.22. The van der Waals surface area contributed by atoms with E-state index in [1.54, 1.807) is 42.1 Å². The van der Waals surface area contributed by atoms with Gasteiger partial charge in [0.15, 0.2) is 13.2 Å². The number of amides is 1. The minimum atomic E-state index is -0.649. The molecule has 1 aromatic heterocycles. The molecule has 0 aliphatic rings.